The minimum absolute atomic E-state index is 0.0114. The Hall–Kier alpha value is -1.75. The molecule has 1 saturated carbocycles. The molecule has 2 N–H and O–H groups in total. The van der Waals surface area contributed by atoms with Crippen molar-refractivity contribution < 1.29 is 14.3 Å². The summed E-state index contributed by atoms with van der Waals surface area (Å²) in [6.45, 7) is 0.452. The molecule has 1 aromatic carbocycles. The maximum atomic E-state index is 11.9. The fourth-order valence-electron chi connectivity index (χ4n) is 1.87. The van der Waals surface area contributed by atoms with E-state index in [-0.39, 0.29) is 12.5 Å². The summed E-state index contributed by atoms with van der Waals surface area (Å²) in [6, 6.07) is 5.88. The van der Waals surface area contributed by atoms with E-state index in [0.29, 0.717) is 24.1 Å². The zero-order chi connectivity index (χ0) is 13.8. The van der Waals surface area contributed by atoms with Crippen LogP contribution in [0.5, 0.6) is 11.5 Å². The molecule has 19 heavy (non-hydrogen) atoms. The largest absolute Gasteiger partial charge is 0.493 e. The van der Waals surface area contributed by atoms with E-state index in [9.17, 15) is 4.79 Å². The number of nitrogens with two attached hydrogens (primary N) is 1. The average Bonchev–Trinajstić information content (AvgIpc) is 3.28. The van der Waals surface area contributed by atoms with E-state index in [0.717, 1.165) is 18.4 Å². The van der Waals surface area contributed by atoms with Gasteiger partial charge in [-0.25, -0.2) is 0 Å². The molecule has 0 unspecified atom stereocenters. The summed E-state index contributed by atoms with van der Waals surface area (Å²) < 4.78 is 10.8. The number of carbonyl (C=O) groups excluding carboxylic acids is 1. The number of likely N-dealkylation sites (N-methyl/N-ethyl adjacent to an activating group) is 1. The van der Waals surface area contributed by atoms with E-state index >= 15 is 0 Å². The molecule has 1 aliphatic rings. The third kappa shape index (κ3) is 3.38. The molecule has 0 spiro atoms. The van der Waals surface area contributed by atoms with Crippen molar-refractivity contribution in [3.05, 3.63) is 23.8 Å². The number of carbonyl (C=O) groups is 1. The lowest BCUT2D eigenvalue weighted by atomic mass is 10.2. The van der Waals surface area contributed by atoms with Crippen LogP contribution >= 0.6 is 0 Å². The number of amides is 1. The fourth-order valence-corrected chi connectivity index (χ4v) is 1.87. The second-order valence-corrected chi connectivity index (χ2v) is 4.71. The monoisotopic (exact) mass is 264 g/mol. The summed E-state index contributed by atoms with van der Waals surface area (Å²) in [5, 5.41) is 0. The Kier molecular flexibility index (Phi) is 4.27. The lowest BCUT2D eigenvalue weighted by molar-refractivity contribution is -0.132. The molecule has 5 heteroatoms. The molecule has 1 aliphatic carbocycles. The van der Waals surface area contributed by atoms with Crippen molar-refractivity contribution in [1.82, 2.24) is 4.90 Å². The second kappa shape index (κ2) is 5.93. The highest BCUT2D eigenvalue weighted by atomic mass is 16.5. The van der Waals surface area contributed by atoms with Gasteiger partial charge in [-0.1, -0.05) is 6.07 Å². The summed E-state index contributed by atoms with van der Waals surface area (Å²) in [5.41, 5.74) is 6.53. The van der Waals surface area contributed by atoms with Gasteiger partial charge >= 0.3 is 0 Å². The summed E-state index contributed by atoms with van der Waals surface area (Å²) in [4.78, 5) is 13.6. The number of nitrogens with zero attached hydrogens (tertiary/aromatic N) is 1. The molecule has 0 atom stereocenters. The van der Waals surface area contributed by atoms with Crippen molar-refractivity contribution in [2.24, 2.45) is 5.73 Å². The van der Waals surface area contributed by atoms with Gasteiger partial charge in [-0.15, -0.1) is 0 Å². The molecular formula is C14H20N2O3. The molecule has 0 bridgehead atoms. The highest BCUT2D eigenvalue weighted by Crippen LogP contribution is 2.29. The quantitative estimate of drug-likeness (QED) is 0.837. The predicted molar refractivity (Wildman–Crippen MR) is 72.2 cm³/mol. The van der Waals surface area contributed by atoms with Crippen molar-refractivity contribution in [2.75, 3.05) is 20.8 Å². The normalized spacial score (nSPS) is 14.1. The molecular weight excluding hydrogens is 244 g/mol. The molecule has 1 fully saturated rings. The van der Waals surface area contributed by atoms with Crippen LogP contribution in [0.3, 0.4) is 0 Å². The van der Waals surface area contributed by atoms with Crippen molar-refractivity contribution in [3.63, 3.8) is 0 Å². The van der Waals surface area contributed by atoms with Crippen LogP contribution in [0, 0.1) is 0 Å². The number of rotatable bonds is 6. The van der Waals surface area contributed by atoms with Crippen LogP contribution in [0.1, 0.15) is 18.4 Å². The van der Waals surface area contributed by atoms with Crippen LogP contribution in [0.25, 0.3) is 0 Å². The number of benzene rings is 1. The Labute approximate surface area is 113 Å². The summed E-state index contributed by atoms with van der Waals surface area (Å²) in [6.07, 6.45) is 2.18. The van der Waals surface area contributed by atoms with Crippen LogP contribution in [0.2, 0.25) is 0 Å². The molecule has 1 aromatic rings. The highest BCUT2D eigenvalue weighted by molar-refractivity contribution is 5.78. The van der Waals surface area contributed by atoms with Gasteiger partial charge in [-0.05, 0) is 30.5 Å². The Morgan fingerprint density at radius 2 is 2.16 bits per heavy atom. The van der Waals surface area contributed by atoms with Crippen molar-refractivity contribution in [3.8, 4) is 11.5 Å². The van der Waals surface area contributed by atoms with Gasteiger partial charge in [0.15, 0.2) is 18.1 Å². The summed E-state index contributed by atoms with van der Waals surface area (Å²) in [7, 11) is 3.39. The Balaban J connectivity index is 1.99. The summed E-state index contributed by atoms with van der Waals surface area (Å²) >= 11 is 0. The van der Waals surface area contributed by atoms with Gasteiger partial charge < -0.3 is 20.1 Å². The Bertz CT molecular complexity index is 458. The van der Waals surface area contributed by atoms with Gasteiger partial charge in [0.05, 0.1) is 7.11 Å². The number of hydrogen-bond donors (Lipinski definition) is 1. The lowest BCUT2D eigenvalue weighted by Gasteiger charge is -2.17. The molecule has 5 nitrogen and oxygen atoms in total. The molecule has 0 radical (unpaired) electrons. The Morgan fingerprint density at radius 3 is 2.74 bits per heavy atom. The SMILES string of the molecule is COc1ccc(CN)cc1OCC(=O)N(C)C1CC1. The van der Waals surface area contributed by atoms with Crippen LogP contribution < -0.4 is 15.2 Å². The van der Waals surface area contributed by atoms with Crippen molar-refractivity contribution in [2.45, 2.75) is 25.4 Å². The van der Waals surface area contributed by atoms with Crippen molar-refractivity contribution in [1.29, 1.82) is 0 Å². The highest BCUT2D eigenvalue weighted by Gasteiger charge is 2.29. The first-order valence-electron chi connectivity index (χ1n) is 6.41. The van der Waals surface area contributed by atoms with Gasteiger partial charge in [0.1, 0.15) is 0 Å². The molecule has 2 rings (SSSR count). The van der Waals surface area contributed by atoms with Gasteiger partial charge in [-0.3, -0.25) is 4.79 Å². The first kappa shape index (κ1) is 13.7. The standard InChI is InChI=1S/C14H20N2O3/c1-16(11-4-5-11)14(17)9-19-13-7-10(8-15)3-6-12(13)18-2/h3,6-7,11H,4-5,8-9,15H2,1-2H3. The van der Waals surface area contributed by atoms with E-state index in [1.54, 1.807) is 18.1 Å². The van der Waals surface area contributed by atoms with Crippen LogP contribution in [-0.4, -0.2) is 37.6 Å². The molecule has 0 saturated heterocycles. The van der Waals surface area contributed by atoms with Gasteiger partial charge in [0, 0.05) is 19.6 Å². The van der Waals surface area contributed by atoms with Gasteiger partial charge in [-0.2, -0.15) is 0 Å². The lowest BCUT2D eigenvalue weighted by Crippen LogP contribution is -2.33. The van der Waals surface area contributed by atoms with Gasteiger partial charge in [0.2, 0.25) is 0 Å². The first-order valence-corrected chi connectivity index (χ1v) is 6.41. The molecule has 0 aliphatic heterocycles. The van der Waals surface area contributed by atoms with E-state index in [1.807, 2.05) is 19.2 Å². The van der Waals surface area contributed by atoms with Gasteiger partial charge in [0.25, 0.3) is 5.91 Å². The average molecular weight is 264 g/mol. The second-order valence-electron chi connectivity index (χ2n) is 4.71. The van der Waals surface area contributed by atoms with E-state index in [1.165, 1.54) is 0 Å². The Morgan fingerprint density at radius 1 is 1.42 bits per heavy atom. The van der Waals surface area contributed by atoms with E-state index in [2.05, 4.69) is 0 Å². The third-order valence-corrected chi connectivity index (χ3v) is 3.30. The molecule has 104 valence electrons. The van der Waals surface area contributed by atoms with Crippen LogP contribution in [0.4, 0.5) is 0 Å². The third-order valence-electron chi connectivity index (χ3n) is 3.30. The fraction of sp³-hybridized carbons (Fsp3) is 0.500. The smallest absolute Gasteiger partial charge is 0.260 e. The number of ether oxygens (including phenoxy) is 2. The molecule has 1 amide bonds. The molecule has 0 aromatic heterocycles. The van der Waals surface area contributed by atoms with E-state index in [4.69, 9.17) is 15.2 Å². The van der Waals surface area contributed by atoms with Crippen LogP contribution in [-0.2, 0) is 11.3 Å². The minimum atomic E-state index is -0.0114. The molecule has 0 heterocycles. The predicted octanol–water partition coefficient (Wildman–Crippen LogP) is 1.15. The zero-order valence-electron chi connectivity index (χ0n) is 11.4. The maximum Gasteiger partial charge on any atom is 0.260 e. The minimum Gasteiger partial charge on any atom is -0.493 e. The number of hydrogen-bond acceptors (Lipinski definition) is 4. The van der Waals surface area contributed by atoms with Crippen molar-refractivity contribution >= 4 is 5.91 Å². The van der Waals surface area contributed by atoms with Crippen LogP contribution in [0.15, 0.2) is 18.2 Å². The number of methoxy groups -OCH3 is 1. The topological polar surface area (TPSA) is 64.8 Å². The maximum absolute atomic E-state index is 11.9. The first-order chi connectivity index (χ1) is 9.15. The van der Waals surface area contributed by atoms with E-state index < -0.39 is 0 Å². The summed E-state index contributed by atoms with van der Waals surface area (Å²) in [5.74, 6) is 1.16. The zero-order valence-corrected chi connectivity index (χ0v) is 11.4.